The average molecular weight is 441 g/mol. The van der Waals surface area contributed by atoms with Gasteiger partial charge in [0.2, 0.25) is 0 Å². The van der Waals surface area contributed by atoms with Crippen molar-refractivity contribution in [1.82, 2.24) is 0 Å². The van der Waals surface area contributed by atoms with E-state index in [-0.39, 0.29) is 0 Å². The maximum atomic E-state index is 5.09. The summed E-state index contributed by atoms with van der Waals surface area (Å²) in [5.74, 6) is 0.708. The average Bonchev–Trinajstić information content (AvgIpc) is 3.02. The molecule has 0 fully saturated rings. The van der Waals surface area contributed by atoms with Gasteiger partial charge in [-0.1, -0.05) is 109 Å². The van der Waals surface area contributed by atoms with Crippen molar-refractivity contribution < 1.29 is 0 Å². The van der Waals surface area contributed by atoms with Gasteiger partial charge < -0.3 is 0 Å². The van der Waals surface area contributed by atoms with Crippen LogP contribution in [0, 0.1) is 6.92 Å². The maximum Gasteiger partial charge on any atom is 0.160 e. The van der Waals surface area contributed by atoms with E-state index in [1.165, 1.54) is 27.8 Å². The van der Waals surface area contributed by atoms with Crippen LogP contribution in [0.3, 0.4) is 0 Å². The van der Waals surface area contributed by atoms with Crippen molar-refractivity contribution in [3.05, 3.63) is 137 Å². The quantitative estimate of drug-likeness (QED) is 0.228. The molecule has 166 valence electrons. The molecule has 2 heteroatoms. The van der Waals surface area contributed by atoms with E-state index >= 15 is 0 Å². The minimum absolute atomic E-state index is 0.708. The van der Waals surface area contributed by atoms with Gasteiger partial charge in [-0.05, 0) is 60.1 Å². The second kappa shape index (κ2) is 9.44. The first-order valence-electron chi connectivity index (χ1n) is 11.7. The maximum absolute atomic E-state index is 5.09. The molecular formula is C32H28N2. The van der Waals surface area contributed by atoms with Crippen LogP contribution in [0.4, 0.5) is 0 Å². The Labute approximate surface area is 202 Å². The zero-order valence-corrected chi connectivity index (χ0v) is 19.8. The lowest BCUT2D eigenvalue weighted by molar-refractivity contribution is 1.23. The molecule has 0 heterocycles. The van der Waals surface area contributed by atoms with Crippen LogP contribution in [0.25, 0.3) is 16.8 Å². The molecule has 0 spiro atoms. The molecule has 3 aromatic rings. The second-order valence-electron chi connectivity index (χ2n) is 8.80. The van der Waals surface area contributed by atoms with E-state index < -0.39 is 0 Å². The first kappa shape index (κ1) is 21.8. The number of hydrogen-bond acceptors (Lipinski definition) is 1. The van der Waals surface area contributed by atoms with Crippen LogP contribution in [0.5, 0.6) is 0 Å². The SMILES string of the molecule is C=C(N=C(N=C(C)C1=CCC=CC=C1)c1cccc2c1Cc1cc(C)ccc1-2)c1ccccc1. The van der Waals surface area contributed by atoms with Gasteiger partial charge in [-0.3, -0.25) is 0 Å². The van der Waals surface area contributed by atoms with Crippen molar-refractivity contribution in [3.8, 4) is 11.1 Å². The van der Waals surface area contributed by atoms with Gasteiger partial charge in [-0.2, -0.15) is 0 Å². The van der Waals surface area contributed by atoms with Gasteiger partial charge in [0.1, 0.15) is 0 Å². The Morgan fingerprint density at radius 3 is 2.59 bits per heavy atom. The first-order valence-corrected chi connectivity index (χ1v) is 11.7. The highest BCUT2D eigenvalue weighted by Crippen LogP contribution is 2.39. The largest absolute Gasteiger partial charge is 0.233 e. The molecule has 3 aromatic carbocycles. The summed E-state index contributed by atoms with van der Waals surface area (Å²) < 4.78 is 0. The van der Waals surface area contributed by atoms with Crippen molar-refractivity contribution in [2.24, 2.45) is 9.98 Å². The van der Waals surface area contributed by atoms with E-state index in [0.717, 1.165) is 35.3 Å². The third-order valence-corrected chi connectivity index (χ3v) is 6.37. The number of rotatable bonds is 4. The molecule has 0 aromatic heterocycles. The smallest absolute Gasteiger partial charge is 0.160 e. The normalized spacial score (nSPS) is 14.9. The summed E-state index contributed by atoms with van der Waals surface area (Å²) in [6.07, 6.45) is 12.4. The van der Waals surface area contributed by atoms with Crippen molar-refractivity contribution in [1.29, 1.82) is 0 Å². The third-order valence-electron chi connectivity index (χ3n) is 6.37. The first-order chi connectivity index (χ1) is 16.6. The van der Waals surface area contributed by atoms with Gasteiger partial charge in [-0.15, -0.1) is 0 Å². The highest BCUT2D eigenvalue weighted by molar-refractivity contribution is 6.14. The Hall–Kier alpha value is -4.04. The summed E-state index contributed by atoms with van der Waals surface area (Å²) in [5.41, 5.74) is 11.4. The number of allylic oxidation sites excluding steroid dienone is 6. The number of nitrogens with zero attached hydrogens (tertiary/aromatic N) is 2. The van der Waals surface area contributed by atoms with Gasteiger partial charge in [-0.25, -0.2) is 9.98 Å². The molecule has 5 rings (SSSR count). The lowest BCUT2D eigenvalue weighted by Crippen LogP contribution is -2.07. The monoisotopic (exact) mass is 440 g/mol. The molecule has 2 nitrogen and oxygen atoms in total. The molecule has 0 saturated carbocycles. The molecular weight excluding hydrogens is 412 g/mol. The fraction of sp³-hybridized carbons (Fsp3) is 0.125. The van der Waals surface area contributed by atoms with Crippen LogP contribution in [0.2, 0.25) is 0 Å². The molecule has 0 atom stereocenters. The summed E-state index contributed by atoms with van der Waals surface area (Å²) in [6.45, 7) is 8.48. The van der Waals surface area contributed by atoms with Crippen molar-refractivity contribution in [2.45, 2.75) is 26.7 Å². The highest BCUT2D eigenvalue weighted by Gasteiger charge is 2.23. The summed E-state index contributed by atoms with van der Waals surface area (Å²) in [6, 6.07) is 23.3. The van der Waals surface area contributed by atoms with Gasteiger partial charge in [0.15, 0.2) is 5.84 Å². The molecule has 2 aliphatic carbocycles. The van der Waals surface area contributed by atoms with Crippen LogP contribution >= 0.6 is 0 Å². The van der Waals surface area contributed by atoms with Gasteiger partial charge in [0.05, 0.1) is 5.70 Å². The van der Waals surface area contributed by atoms with Crippen LogP contribution in [-0.2, 0) is 6.42 Å². The highest BCUT2D eigenvalue weighted by atomic mass is 14.9. The van der Waals surface area contributed by atoms with E-state index in [2.05, 4.69) is 87.2 Å². The third kappa shape index (κ3) is 4.40. The molecule has 0 radical (unpaired) electrons. The zero-order valence-electron chi connectivity index (χ0n) is 19.8. The molecule has 0 aliphatic heterocycles. The van der Waals surface area contributed by atoms with Crippen LogP contribution in [0.15, 0.2) is 119 Å². The van der Waals surface area contributed by atoms with Crippen molar-refractivity contribution in [2.75, 3.05) is 0 Å². The number of aryl methyl sites for hydroxylation is 1. The fourth-order valence-electron chi connectivity index (χ4n) is 4.60. The van der Waals surface area contributed by atoms with Crippen LogP contribution in [0.1, 0.15) is 41.2 Å². The number of amidine groups is 1. The number of benzene rings is 3. The minimum Gasteiger partial charge on any atom is -0.233 e. The van der Waals surface area contributed by atoms with E-state index in [4.69, 9.17) is 9.98 Å². The zero-order chi connectivity index (χ0) is 23.5. The minimum atomic E-state index is 0.708. The van der Waals surface area contributed by atoms with Crippen LogP contribution in [-0.4, -0.2) is 11.5 Å². The molecule has 34 heavy (non-hydrogen) atoms. The van der Waals surface area contributed by atoms with E-state index in [1.54, 1.807) is 0 Å². The van der Waals surface area contributed by atoms with Gasteiger partial charge in [0, 0.05) is 11.3 Å². The molecule has 0 amide bonds. The van der Waals surface area contributed by atoms with Gasteiger partial charge >= 0.3 is 0 Å². The standard InChI is InChI=1S/C32H28N2/c1-22-18-19-28-27(20-22)21-31-29(28)16-11-17-30(31)32(34-24(3)26-14-9-6-10-15-26)33-23(2)25-12-7-4-5-8-13-25/h4-7,9-20H,3,8,21H2,1-2H3. The van der Waals surface area contributed by atoms with Crippen molar-refractivity contribution in [3.63, 3.8) is 0 Å². The number of fused-ring (bicyclic) bond motifs is 3. The Morgan fingerprint density at radius 2 is 1.74 bits per heavy atom. The predicted molar refractivity (Wildman–Crippen MR) is 146 cm³/mol. The number of aliphatic imine (C=N–C) groups is 2. The molecule has 0 bridgehead atoms. The summed E-state index contributed by atoms with van der Waals surface area (Å²) in [5, 5.41) is 0. The Bertz CT molecular complexity index is 1410. The molecule has 0 saturated heterocycles. The van der Waals surface area contributed by atoms with E-state index in [1.807, 2.05) is 30.3 Å². The van der Waals surface area contributed by atoms with Crippen LogP contribution < -0.4 is 0 Å². The summed E-state index contributed by atoms with van der Waals surface area (Å²) in [7, 11) is 0. The van der Waals surface area contributed by atoms with E-state index in [9.17, 15) is 0 Å². The molecule has 0 N–H and O–H groups in total. The van der Waals surface area contributed by atoms with E-state index in [0.29, 0.717) is 11.5 Å². The lowest BCUT2D eigenvalue weighted by atomic mass is 10.00. The summed E-state index contributed by atoms with van der Waals surface area (Å²) in [4.78, 5) is 10.1. The topological polar surface area (TPSA) is 24.7 Å². The Morgan fingerprint density at radius 1 is 0.882 bits per heavy atom. The predicted octanol–water partition coefficient (Wildman–Crippen LogP) is 7.89. The molecule has 0 unspecified atom stereocenters. The van der Waals surface area contributed by atoms with Crippen molar-refractivity contribution >= 4 is 17.2 Å². The lowest BCUT2D eigenvalue weighted by Gasteiger charge is -2.11. The summed E-state index contributed by atoms with van der Waals surface area (Å²) >= 11 is 0. The second-order valence-corrected chi connectivity index (χ2v) is 8.80. The fourth-order valence-corrected chi connectivity index (χ4v) is 4.60. The number of hydrogen-bond donors (Lipinski definition) is 0. The molecule has 2 aliphatic rings. The Kier molecular flexibility index (Phi) is 6.05. The Balaban J connectivity index is 1.63. The van der Waals surface area contributed by atoms with Gasteiger partial charge in [0.25, 0.3) is 0 Å².